The number of hydrogen-bond acceptors (Lipinski definition) is 3. The number of imidazole rings is 1. The largest absolute Gasteiger partial charge is 0.329 e. The van der Waals surface area contributed by atoms with E-state index in [4.69, 9.17) is 5.26 Å². The number of aromatic nitrogens is 2. The lowest BCUT2D eigenvalue weighted by atomic mass is 10.1. The van der Waals surface area contributed by atoms with Crippen molar-refractivity contribution in [1.29, 1.82) is 5.26 Å². The first-order valence-corrected chi connectivity index (χ1v) is 6.13. The normalized spacial score (nSPS) is 24.1. The highest BCUT2D eigenvalue weighted by atomic mass is 15.1. The van der Waals surface area contributed by atoms with Crippen molar-refractivity contribution in [3.63, 3.8) is 0 Å². The minimum atomic E-state index is 0.374. The molecule has 1 aromatic rings. The van der Waals surface area contributed by atoms with Crippen LogP contribution < -0.4 is 5.32 Å². The van der Waals surface area contributed by atoms with Crippen molar-refractivity contribution >= 4 is 0 Å². The molecule has 3 rings (SSSR count). The van der Waals surface area contributed by atoms with E-state index in [2.05, 4.69) is 20.9 Å². The Morgan fingerprint density at radius 1 is 1.38 bits per heavy atom. The fourth-order valence-electron chi connectivity index (χ4n) is 2.83. The van der Waals surface area contributed by atoms with Gasteiger partial charge in [-0.15, -0.1) is 0 Å². The summed E-state index contributed by atoms with van der Waals surface area (Å²) in [6, 6.07) is 2.61. The van der Waals surface area contributed by atoms with Gasteiger partial charge in [-0.1, -0.05) is 0 Å². The summed E-state index contributed by atoms with van der Waals surface area (Å²) in [5.41, 5.74) is 1.82. The molecular weight excluding hydrogens is 200 g/mol. The first kappa shape index (κ1) is 9.86. The first-order valence-electron chi connectivity index (χ1n) is 6.13. The summed E-state index contributed by atoms with van der Waals surface area (Å²) in [6.07, 6.45) is 5.80. The lowest BCUT2D eigenvalue weighted by Crippen LogP contribution is -2.20. The van der Waals surface area contributed by atoms with Crippen LogP contribution in [-0.2, 0) is 13.0 Å². The second kappa shape index (κ2) is 3.91. The molecule has 1 atom stereocenters. The van der Waals surface area contributed by atoms with Gasteiger partial charge in [0.25, 0.3) is 0 Å². The van der Waals surface area contributed by atoms with E-state index in [0.717, 1.165) is 37.4 Å². The Bertz CT molecular complexity index is 435. The number of nitrogens with one attached hydrogen (secondary N) is 1. The molecule has 1 N–H and O–H groups in total. The van der Waals surface area contributed by atoms with E-state index in [-0.39, 0.29) is 0 Å². The lowest BCUT2D eigenvalue weighted by molar-refractivity contribution is 0.480. The van der Waals surface area contributed by atoms with Gasteiger partial charge < -0.3 is 9.88 Å². The van der Waals surface area contributed by atoms with Crippen LogP contribution in [0.1, 0.15) is 48.9 Å². The summed E-state index contributed by atoms with van der Waals surface area (Å²) in [4.78, 5) is 4.53. The Morgan fingerprint density at radius 2 is 2.31 bits per heavy atom. The quantitative estimate of drug-likeness (QED) is 0.774. The molecule has 1 saturated heterocycles. The highest BCUT2D eigenvalue weighted by Crippen LogP contribution is 2.28. The van der Waals surface area contributed by atoms with Crippen molar-refractivity contribution in [2.45, 2.75) is 44.7 Å². The summed E-state index contributed by atoms with van der Waals surface area (Å²) in [7, 11) is 0. The van der Waals surface area contributed by atoms with Crippen LogP contribution in [0, 0.1) is 11.3 Å². The standard InChI is InChI=1S/C12H16N4/c13-8-10-11-5-1-2-7-16(11)12(15-10)9-4-3-6-14-9/h9,14H,1-7H2. The van der Waals surface area contributed by atoms with Crippen LogP contribution >= 0.6 is 0 Å². The fourth-order valence-corrected chi connectivity index (χ4v) is 2.83. The molecule has 3 heterocycles. The summed E-state index contributed by atoms with van der Waals surface area (Å²) in [6.45, 7) is 2.12. The number of fused-ring (bicyclic) bond motifs is 1. The molecule has 2 aliphatic rings. The number of hydrogen-bond donors (Lipinski definition) is 1. The van der Waals surface area contributed by atoms with Crippen LogP contribution in [0.5, 0.6) is 0 Å². The molecule has 0 amide bonds. The van der Waals surface area contributed by atoms with Crippen molar-refractivity contribution in [3.8, 4) is 6.07 Å². The van der Waals surface area contributed by atoms with Crippen molar-refractivity contribution in [3.05, 3.63) is 17.2 Å². The van der Waals surface area contributed by atoms with Gasteiger partial charge in [-0.25, -0.2) is 4.98 Å². The smallest absolute Gasteiger partial charge is 0.162 e. The van der Waals surface area contributed by atoms with E-state index in [9.17, 15) is 0 Å². The molecule has 0 spiro atoms. The molecule has 16 heavy (non-hydrogen) atoms. The third-order valence-electron chi connectivity index (χ3n) is 3.63. The lowest BCUT2D eigenvalue weighted by Gasteiger charge is -2.19. The predicted octanol–water partition coefficient (Wildman–Crippen LogP) is 1.52. The van der Waals surface area contributed by atoms with E-state index < -0.39 is 0 Å². The van der Waals surface area contributed by atoms with Gasteiger partial charge in [-0.2, -0.15) is 5.26 Å². The average molecular weight is 216 g/mol. The van der Waals surface area contributed by atoms with Crippen molar-refractivity contribution in [2.75, 3.05) is 6.54 Å². The molecule has 0 saturated carbocycles. The molecule has 1 aromatic heterocycles. The fraction of sp³-hybridized carbons (Fsp3) is 0.667. The topological polar surface area (TPSA) is 53.6 Å². The number of nitrogens with zero attached hydrogens (tertiary/aromatic N) is 3. The maximum Gasteiger partial charge on any atom is 0.162 e. The molecule has 0 radical (unpaired) electrons. The Hall–Kier alpha value is -1.34. The highest BCUT2D eigenvalue weighted by molar-refractivity contribution is 5.31. The van der Waals surface area contributed by atoms with E-state index in [1.165, 1.54) is 19.3 Å². The minimum Gasteiger partial charge on any atom is -0.329 e. The minimum absolute atomic E-state index is 0.374. The molecule has 0 aliphatic carbocycles. The van der Waals surface area contributed by atoms with Crippen LogP contribution in [0.15, 0.2) is 0 Å². The van der Waals surface area contributed by atoms with Gasteiger partial charge in [0.2, 0.25) is 0 Å². The number of rotatable bonds is 1. The molecular formula is C12H16N4. The highest BCUT2D eigenvalue weighted by Gasteiger charge is 2.26. The van der Waals surface area contributed by atoms with Crippen LogP contribution in [0.4, 0.5) is 0 Å². The summed E-state index contributed by atoms with van der Waals surface area (Å²) < 4.78 is 2.28. The van der Waals surface area contributed by atoms with Gasteiger partial charge in [0.1, 0.15) is 11.9 Å². The van der Waals surface area contributed by atoms with Gasteiger partial charge in [-0.3, -0.25) is 0 Å². The zero-order valence-corrected chi connectivity index (χ0v) is 9.37. The predicted molar refractivity (Wildman–Crippen MR) is 59.9 cm³/mol. The molecule has 0 bridgehead atoms. The Kier molecular flexibility index (Phi) is 2.41. The number of nitriles is 1. The van der Waals surface area contributed by atoms with E-state index in [0.29, 0.717) is 11.7 Å². The molecule has 4 heteroatoms. The monoisotopic (exact) mass is 216 g/mol. The zero-order valence-electron chi connectivity index (χ0n) is 9.37. The third-order valence-corrected chi connectivity index (χ3v) is 3.63. The zero-order chi connectivity index (χ0) is 11.0. The summed E-state index contributed by atoms with van der Waals surface area (Å²) in [5.74, 6) is 1.10. The second-order valence-electron chi connectivity index (χ2n) is 4.63. The molecule has 1 unspecified atom stereocenters. The van der Waals surface area contributed by atoms with Crippen LogP contribution in [0.3, 0.4) is 0 Å². The van der Waals surface area contributed by atoms with Gasteiger partial charge in [0.15, 0.2) is 5.69 Å². The third kappa shape index (κ3) is 1.43. The Morgan fingerprint density at radius 3 is 3.06 bits per heavy atom. The Balaban J connectivity index is 2.04. The van der Waals surface area contributed by atoms with Crippen LogP contribution in [-0.4, -0.2) is 16.1 Å². The van der Waals surface area contributed by atoms with Gasteiger partial charge >= 0.3 is 0 Å². The first-order chi connectivity index (χ1) is 7.90. The van der Waals surface area contributed by atoms with Gasteiger partial charge in [0, 0.05) is 6.54 Å². The molecule has 4 nitrogen and oxygen atoms in total. The van der Waals surface area contributed by atoms with E-state index in [1.54, 1.807) is 0 Å². The van der Waals surface area contributed by atoms with Crippen molar-refractivity contribution < 1.29 is 0 Å². The second-order valence-corrected chi connectivity index (χ2v) is 4.63. The van der Waals surface area contributed by atoms with Crippen LogP contribution in [0.2, 0.25) is 0 Å². The maximum absolute atomic E-state index is 9.10. The van der Waals surface area contributed by atoms with Crippen molar-refractivity contribution in [2.24, 2.45) is 0 Å². The Labute approximate surface area is 95.3 Å². The summed E-state index contributed by atoms with van der Waals surface area (Å²) in [5, 5.41) is 12.6. The van der Waals surface area contributed by atoms with E-state index >= 15 is 0 Å². The van der Waals surface area contributed by atoms with Crippen LogP contribution in [0.25, 0.3) is 0 Å². The molecule has 1 fully saturated rings. The molecule has 84 valence electrons. The van der Waals surface area contributed by atoms with Gasteiger partial charge in [0.05, 0.1) is 11.7 Å². The summed E-state index contributed by atoms with van der Waals surface area (Å²) >= 11 is 0. The maximum atomic E-state index is 9.10. The van der Waals surface area contributed by atoms with E-state index in [1.807, 2.05) is 0 Å². The molecule has 2 aliphatic heterocycles. The average Bonchev–Trinajstić information content (AvgIpc) is 2.95. The molecule has 0 aromatic carbocycles. The van der Waals surface area contributed by atoms with Gasteiger partial charge in [-0.05, 0) is 38.6 Å². The SMILES string of the molecule is N#Cc1nc(C2CCCN2)n2c1CCCC2. The van der Waals surface area contributed by atoms with Crippen molar-refractivity contribution in [1.82, 2.24) is 14.9 Å².